The van der Waals surface area contributed by atoms with Crippen LogP contribution in [0.1, 0.15) is 34.8 Å². The minimum Gasteiger partial charge on any atom is -0.474 e. The second kappa shape index (κ2) is 6.13. The predicted molar refractivity (Wildman–Crippen MR) is 77.6 cm³/mol. The van der Waals surface area contributed by atoms with Crippen LogP contribution in [-0.2, 0) is 0 Å². The molecule has 7 nitrogen and oxygen atoms in total. The topological polar surface area (TPSA) is 81.4 Å². The van der Waals surface area contributed by atoms with Crippen LogP contribution < -0.4 is 4.74 Å². The van der Waals surface area contributed by atoms with Crippen molar-refractivity contribution in [3.05, 3.63) is 35.6 Å². The Morgan fingerprint density at radius 3 is 2.77 bits per heavy atom. The molecular weight excluding hydrogens is 284 g/mol. The van der Waals surface area contributed by atoms with E-state index in [0.717, 1.165) is 12.8 Å². The van der Waals surface area contributed by atoms with E-state index in [1.807, 2.05) is 11.8 Å². The summed E-state index contributed by atoms with van der Waals surface area (Å²) in [6.07, 6.45) is 4.79. The first-order valence-electron chi connectivity index (χ1n) is 7.30. The minimum absolute atomic E-state index is 0.0323. The second-order valence-corrected chi connectivity index (χ2v) is 5.35. The molecule has 116 valence electrons. The first-order chi connectivity index (χ1) is 10.6. The van der Waals surface area contributed by atoms with Crippen LogP contribution in [0.3, 0.4) is 0 Å². The first kappa shape index (κ1) is 14.5. The Hall–Kier alpha value is -2.44. The zero-order chi connectivity index (χ0) is 15.5. The Bertz CT molecular complexity index is 662. The Morgan fingerprint density at radius 2 is 2.14 bits per heavy atom. The summed E-state index contributed by atoms with van der Waals surface area (Å²) in [6, 6.07) is 1.75. The van der Waals surface area contributed by atoms with Gasteiger partial charge in [-0.2, -0.15) is 4.98 Å². The molecule has 0 saturated carbocycles. The van der Waals surface area contributed by atoms with Gasteiger partial charge in [0.1, 0.15) is 23.3 Å². The van der Waals surface area contributed by atoms with Crippen molar-refractivity contribution in [3.63, 3.8) is 0 Å². The number of likely N-dealkylation sites (tertiary alicyclic amines) is 1. The van der Waals surface area contributed by atoms with Crippen molar-refractivity contribution >= 4 is 5.91 Å². The molecule has 0 bridgehead atoms. The fourth-order valence-corrected chi connectivity index (χ4v) is 2.52. The molecule has 7 heteroatoms. The summed E-state index contributed by atoms with van der Waals surface area (Å²) >= 11 is 0. The van der Waals surface area contributed by atoms with E-state index in [1.54, 1.807) is 19.2 Å². The zero-order valence-corrected chi connectivity index (χ0v) is 12.7. The van der Waals surface area contributed by atoms with E-state index in [0.29, 0.717) is 36.1 Å². The van der Waals surface area contributed by atoms with Crippen LogP contribution in [-0.4, -0.2) is 45.1 Å². The Kier molecular flexibility index (Phi) is 4.04. The summed E-state index contributed by atoms with van der Waals surface area (Å²) in [5, 5.41) is 3.66. The summed E-state index contributed by atoms with van der Waals surface area (Å²) < 4.78 is 10.8. The Balaban J connectivity index is 1.56. The number of amides is 1. The smallest absolute Gasteiger partial charge is 0.259 e. The zero-order valence-electron chi connectivity index (χ0n) is 12.7. The Labute approximate surface area is 128 Å². The van der Waals surface area contributed by atoms with Crippen molar-refractivity contribution in [1.29, 1.82) is 0 Å². The van der Waals surface area contributed by atoms with Gasteiger partial charge >= 0.3 is 0 Å². The average Bonchev–Trinajstić information content (AvgIpc) is 2.93. The third-order valence-electron chi connectivity index (χ3n) is 3.75. The van der Waals surface area contributed by atoms with E-state index in [9.17, 15) is 4.79 Å². The van der Waals surface area contributed by atoms with Crippen LogP contribution in [0.5, 0.6) is 5.88 Å². The number of piperidine rings is 1. The Morgan fingerprint density at radius 1 is 1.36 bits per heavy atom. The SMILES string of the molecule is Cc1nccc(OC2CCN(C(=O)c3cnoc3C)CC2)n1. The molecule has 3 heterocycles. The van der Waals surface area contributed by atoms with E-state index < -0.39 is 0 Å². The summed E-state index contributed by atoms with van der Waals surface area (Å²) in [4.78, 5) is 22.5. The molecule has 22 heavy (non-hydrogen) atoms. The maximum Gasteiger partial charge on any atom is 0.259 e. The standard InChI is InChI=1S/C15H18N4O3/c1-10-13(9-17-22-10)15(20)19-7-4-12(5-8-19)21-14-3-6-16-11(2)18-14/h3,6,9,12H,4-5,7-8H2,1-2H3. The van der Waals surface area contributed by atoms with Gasteiger partial charge in [-0.3, -0.25) is 4.79 Å². The molecule has 2 aromatic rings. The van der Waals surface area contributed by atoms with E-state index >= 15 is 0 Å². The number of hydrogen-bond donors (Lipinski definition) is 0. The number of nitrogens with zero attached hydrogens (tertiary/aromatic N) is 4. The summed E-state index contributed by atoms with van der Waals surface area (Å²) in [5.74, 6) is 1.80. The van der Waals surface area contributed by atoms with Crippen molar-refractivity contribution in [2.24, 2.45) is 0 Å². The van der Waals surface area contributed by atoms with Gasteiger partial charge in [-0.1, -0.05) is 5.16 Å². The molecule has 2 aromatic heterocycles. The molecule has 0 unspecified atom stereocenters. The normalized spacial score (nSPS) is 15.8. The average molecular weight is 302 g/mol. The number of hydrogen-bond acceptors (Lipinski definition) is 6. The van der Waals surface area contributed by atoms with Crippen LogP contribution in [0, 0.1) is 13.8 Å². The molecule has 0 spiro atoms. The van der Waals surface area contributed by atoms with Crippen LogP contribution in [0.2, 0.25) is 0 Å². The van der Waals surface area contributed by atoms with Crippen molar-refractivity contribution in [3.8, 4) is 5.88 Å². The molecule has 1 amide bonds. The van der Waals surface area contributed by atoms with Gasteiger partial charge < -0.3 is 14.2 Å². The second-order valence-electron chi connectivity index (χ2n) is 5.35. The lowest BCUT2D eigenvalue weighted by atomic mass is 10.1. The van der Waals surface area contributed by atoms with Crippen molar-refractivity contribution < 1.29 is 14.1 Å². The number of aromatic nitrogens is 3. The van der Waals surface area contributed by atoms with Gasteiger partial charge in [-0.15, -0.1) is 0 Å². The molecule has 0 N–H and O–H groups in total. The van der Waals surface area contributed by atoms with Crippen molar-refractivity contribution in [2.75, 3.05) is 13.1 Å². The quantitative estimate of drug-likeness (QED) is 0.859. The summed E-state index contributed by atoms with van der Waals surface area (Å²) in [7, 11) is 0. The third-order valence-corrected chi connectivity index (χ3v) is 3.75. The van der Waals surface area contributed by atoms with Crippen LogP contribution in [0.15, 0.2) is 23.0 Å². The monoisotopic (exact) mass is 302 g/mol. The molecule has 1 saturated heterocycles. The molecule has 1 aliphatic heterocycles. The largest absolute Gasteiger partial charge is 0.474 e. The predicted octanol–water partition coefficient (Wildman–Crippen LogP) is 1.77. The maximum absolute atomic E-state index is 12.4. The number of rotatable bonds is 3. The molecule has 0 aromatic carbocycles. The van der Waals surface area contributed by atoms with Crippen molar-refractivity contribution in [1.82, 2.24) is 20.0 Å². The molecule has 1 aliphatic rings. The van der Waals surface area contributed by atoms with E-state index in [-0.39, 0.29) is 12.0 Å². The highest BCUT2D eigenvalue weighted by molar-refractivity contribution is 5.94. The van der Waals surface area contributed by atoms with Crippen LogP contribution in [0.25, 0.3) is 0 Å². The highest BCUT2D eigenvalue weighted by Crippen LogP contribution is 2.19. The molecule has 0 radical (unpaired) electrons. The van der Waals surface area contributed by atoms with Crippen LogP contribution in [0.4, 0.5) is 0 Å². The van der Waals surface area contributed by atoms with Crippen molar-refractivity contribution in [2.45, 2.75) is 32.8 Å². The fraction of sp³-hybridized carbons (Fsp3) is 0.467. The van der Waals surface area contributed by atoms with Gasteiger partial charge in [0.25, 0.3) is 5.91 Å². The number of ether oxygens (including phenoxy) is 1. The van der Waals surface area contributed by atoms with Gasteiger partial charge in [-0.05, 0) is 13.8 Å². The van der Waals surface area contributed by atoms with Gasteiger partial charge in [0.15, 0.2) is 0 Å². The highest BCUT2D eigenvalue weighted by atomic mass is 16.5. The molecule has 3 rings (SSSR count). The molecule has 1 fully saturated rings. The van der Waals surface area contributed by atoms with E-state index in [2.05, 4.69) is 15.1 Å². The highest BCUT2D eigenvalue weighted by Gasteiger charge is 2.26. The van der Waals surface area contributed by atoms with E-state index in [4.69, 9.17) is 9.26 Å². The lowest BCUT2D eigenvalue weighted by molar-refractivity contribution is 0.0586. The molecular formula is C15H18N4O3. The minimum atomic E-state index is -0.0323. The molecule has 0 aliphatic carbocycles. The molecule has 0 atom stereocenters. The van der Waals surface area contributed by atoms with E-state index in [1.165, 1.54) is 6.20 Å². The summed E-state index contributed by atoms with van der Waals surface area (Å²) in [6.45, 7) is 4.87. The van der Waals surface area contributed by atoms with Gasteiger partial charge in [0.2, 0.25) is 5.88 Å². The first-order valence-corrected chi connectivity index (χ1v) is 7.30. The van der Waals surface area contributed by atoms with Gasteiger partial charge in [0.05, 0.1) is 6.20 Å². The van der Waals surface area contributed by atoms with Gasteiger partial charge in [0, 0.05) is 38.2 Å². The lowest BCUT2D eigenvalue weighted by Gasteiger charge is -2.31. The van der Waals surface area contributed by atoms with Gasteiger partial charge in [-0.25, -0.2) is 4.98 Å². The number of aryl methyl sites for hydroxylation is 2. The third kappa shape index (κ3) is 3.08. The number of carbonyl (C=O) groups is 1. The maximum atomic E-state index is 12.4. The summed E-state index contributed by atoms with van der Waals surface area (Å²) in [5.41, 5.74) is 0.533. The number of carbonyl (C=O) groups excluding carboxylic acids is 1. The van der Waals surface area contributed by atoms with Crippen LogP contribution >= 0.6 is 0 Å². The fourth-order valence-electron chi connectivity index (χ4n) is 2.52. The lowest BCUT2D eigenvalue weighted by Crippen LogP contribution is -2.42.